The van der Waals surface area contributed by atoms with Crippen LogP contribution in [0.15, 0.2) is 28.8 Å². The molecule has 0 saturated carbocycles. The van der Waals surface area contributed by atoms with E-state index < -0.39 is 0 Å². The Labute approximate surface area is 146 Å². The van der Waals surface area contributed by atoms with Crippen LogP contribution >= 0.6 is 23.2 Å². The number of oxazole rings is 1. The van der Waals surface area contributed by atoms with Crippen LogP contribution in [0.4, 0.5) is 0 Å². The van der Waals surface area contributed by atoms with Gasteiger partial charge in [0.2, 0.25) is 5.91 Å². The average molecular weight is 355 g/mol. The van der Waals surface area contributed by atoms with Crippen LogP contribution in [0.3, 0.4) is 0 Å². The first kappa shape index (κ1) is 17.8. The van der Waals surface area contributed by atoms with Crippen molar-refractivity contribution in [3.05, 3.63) is 40.3 Å². The number of aromatic nitrogens is 1. The number of amides is 1. The van der Waals surface area contributed by atoms with Gasteiger partial charge in [-0.3, -0.25) is 4.79 Å². The van der Waals surface area contributed by atoms with Gasteiger partial charge in [0.05, 0.1) is 11.2 Å². The molecule has 0 spiro atoms. The highest BCUT2D eigenvalue weighted by Gasteiger charge is 2.14. The first-order valence-electron chi connectivity index (χ1n) is 7.51. The van der Waals surface area contributed by atoms with E-state index in [0.717, 1.165) is 12.1 Å². The Balaban J connectivity index is 1.99. The van der Waals surface area contributed by atoms with E-state index in [4.69, 9.17) is 27.6 Å². The largest absolute Gasteiger partial charge is 0.441 e. The van der Waals surface area contributed by atoms with Crippen molar-refractivity contribution in [3.8, 4) is 11.3 Å². The zero-order valence-electron chi connectivity index (χ0n) is 13.5. The fourth-order valence-corrected chi connectivity index (χ4v) is 2.80. The molecule has 23 heavy (non-hydrogen) atoms. The van der Waals surface area contributed by atoms with Crippen LogP contribution in [0.1, 0.15) is 26.2 Å². The van der Waals surface area contributed by atoms with Crippen molar-refractivity contribution in [1.29, 1.82) is 0 Å². The van der Waals surface area contributed by atoms with Gasteiger partial charge in [-0.25, -0.2) is 4.98 Å². The van der Waals surface area contributed by atoms with Gasteiger partial charge in [-0.1, -0.05) is 37.0 Å². The van der Waals surface area contributed by atoms with Gasteiger partial charge >= 0.3 is 0 Å². The predicted octanol–water partition coefficient (Wildman–Crippen LogP) is 4.70. The number of nitrogens with zero attached hydrogens (tertiary/aromatic N) is 2. The van der Waals surface area contributed by atoms with Gasteiger partial charge in [-0.15, -0.1) is 0 Å². The van der Waals surface area contributed by atoms with E-state index in [1.54, 1.807) is 29.3 Å². The lowest BCUT2D eigenvalue weighted by atomic mass is 10.2. The number of halogens is 2. The molecule has 0 aliphatic heterocycles. The van der Waals surface area contributed by atoms with Crippen LogP contribution in [-0.4, -0.2) is 29.4 Å². The Morgan fingerprint density at radius 1 is 1.35 bits per heavy atom. The van der Waals surface area contributed by atoms with Gasteiger partial charge in [0.15, 0.2) is 11.7 Å². The van der Waals surface area contributed by atoms with Crippen LogP contribution in [0.5, 0.6) is 0 Å². The molecule has 0 aliphatic carbocycles. The first-order valence-corrected chi connectivity index (χ1v) is 8.26. The van der Waals surface area contributed by atoms with E-state index in [1.807, 2.05) is 7.05 Å². The minimum Gasteiger partial charge on any atom is -0.441 e. The molecule has 4 nitrogen and oxygen atoms in total. The summed E-state index contributed by atoms with van der Waals surface area (Å²) in [5.41, 5.74) is 0.734. The van der Waals surface area contributed by atoms with Crippen molar-refractivity contribution < 1.29 is 9.21 Å². The summed E-state index contributed by atoms with van der Waals surface area (Å²) in [4.78, 5) is 18.0. The number of rotatable bonds is 6. The molecule has 1 heterocycles. The minimum absolute atomic E-state index is 0.0861. The summed E-state index contributed by atoms with van der Waals surface area (Å²) >= 11 is 12.0. The maximum absolute atomic E-state index is 12.0. The van der Waals surface area contributed by atoms with Crippen LogP contribution in [0.2, 0.25) is 10.0 Å². The maximum atomic E-state index is 12.0. The van der Waals surface area contributed by atoms with Crippen LogP contribution in [0.25, 0.3) is 11.3 Å². The Hall–Kier alpha value is -1.52. The third-order valence-electron chi connectivity index (χ3n) is 3.37. The fourth-order valence-electron chi connectivity index (χ4n) is 2.29. The molecule has 0 saturated heterocycles. The molecule has 0 bridgehead atoms. The molecule has 1 amide bonds. The zero-order chi connectivity index (χ0) is 17.0. The van der Waals surface area contributed by atoms with Crippen molar-refractivity contribution >= 4 is 29.1 Å². The second-order valence-corrected chi connectivity index (χ2v) is 6.75. The number of carbonyl (C=O) groups excluding carboxylic acids is 1. The van der Waals surface area contributed by atoms with Gasteiger partial charge < -0.3 is 9.32 Å². The Kier molecular flexibility index (Phi) is 6.08. The van der Waals surface area contributed by atoms with Gasteiger partial charge in [0.1, 0.15) is 0 Å². The fraction of sp³-hybridized carbons (Fsp3) is 0.412. The molecule has 2 aromatic rings. The normalized spacial score (nSPS) is 11.0. The molecule has 0 fully saturated rings. The zero-order valence-corrected chi connectivity index (χ0v) is 15.0. The van der Waals surface area contributed by atoms with Crippen molar-refractivity contribution in [2.45, 2.75) is 26.7 Å². The number of carbonyl (C=O) groups is 1. The summed E-state index contributed by atoms with van der Waals surface area (Å²) in [6.45, 7) is 4.91. The van der Waals surface area contributed by atoms with E-state index in [0.29, 0.717) is 40.5 Å². The topological polar surface area (TPSA) is 46.3 Å². The molecule has 1 aromatic carbocycles. The van der Waals surface area contributed by atoms with Crippen LogP contribution < -0.4 is 0 Å². The summed E-state index contributed by atoms with van der Waals surface area (Å²) < 4.78 is 5.69. The molecule has 6 heteroatoms. The molecule has 0 N–H and O–H groups in total. The predicted molar refractivity (Wildman–Crippen MR) is 92.8 cm³/mol. The average Bonchev–Trinajstić information content (AvgIpc) is 2.92. The Bertz CT molecular complexity index is 683. The number of hydrogen-bond donors (Lipinski definition) is 0. The highest BCUT2D eigenvalue weighted by molar-refractivity contribution is 6.36. The summed E-state index contributed by atoms with van der Waals surface area (Å²) in [7, 11) is 1.82. The highest BCUT2D eigenvalue weighted by Crippen LogP contribution is 2.30. The van der Waals surface area contributed by atoms with Crippen molar-refractivity contribution in [1.82, 2.24) is 9.88 Å². The van der Waals surface area contributed by atoms with Crippen LogP contribution in [-0.2, 0) is 11.2 Å². The van der Waals surface area contributed by atoms with Gasteiger partial charge in [0, 0.05) is 37.0 Å². The van der Waals surface area contributed by atoms with E-state index in [1.165, 1.54) is 0 Å². The summed E-state index contributed by atoms with van der Waals surface area (Å²) in [6.07, 6.45) is 2.46. The third kappa shape index (κ3) is 4.98. The van der Waals surface area contributed by atoms with Gasteiger partial charge in [0.25, 0.3) is 0 Å². The van der Waals surface area contributed by atoms with Crippen LogP contribution in [0, 0.1) is 5.92 Å². The lowest BCUT2D eigenvalue weighted by Gasteiger charge is -2.18. The van der Waals surface area contributed by atoms with E-state index in [2.05, 4.69) is 18.8 Å². The lowest BCUT2D eigenvalue weighted by molar-refractivity contribution is -0.130. The minimum atomic E-state index is 0.0861. The second-order valence-electron chi connectivity index (χ2n) is 5.91. The van der Waals surface area contributed by atoms with Crippen molar-refractivity contribution in [3.63, 3.8) is 0 Å². The maximum Gasteiger partial charge on any atom is 0.222 e. The molecular weight excluding hydrogens is 335 g/mol. The Morgan fingerprint density at radius 2 is 2.09 bits per heavy atom. The number of aryl methyl sites for hydroxylation is 1. The van der Waals surface area contributed by atoms with Gasteiger partial charge in [-0.05, 0) is 24.1 Å². The lowest BCUT2D eigenvalue weighted by Crippen LogP contribution is -2.30. The molecule has 0 aliphatic rings. The van der Waals surface area contributed by atoms with Gasteiger partial charge in [-0.2, -0.15) is 0 Å². The summed E-state index contributed by atoms with van der Waals surface area (Å²) in [5, 5.41) is 1.07. The Morgan fingerprint density at radius 3 is 2.74 bits per heavy atom. The number of benzene rings is 1. The SMILES string of the molecule is CC(C)CN(C)C(=O)CCc1ncc(-c2ccc(Cl)cc2Cl)o1. The molecule has 0 atom stereocenters. The molecular formula is C17H20Cl2N2O2. The van der Waals surface area contributed by atoms with E-state index in [-0.39, 0.29) is 5.91 Å². The molecule has 124 valence electrons. The summed E-state index contributed by atoms with van der Waals surface area (Å²) in [5.74, 6) is 1.63. The monoisotopic (exact) mass is 354 g/mol. The highest BCUT2D eigenvalue weighted by atomic mass is 35.5. The molecule has 2 rings (SSSR count). The van der Waals surface area contributed by atoms with E-state index in [9.17, 15) is 4.79 Å². The first-order chi connectivity index (χ1) is 10.9. The smallest absolute Gasteiger partial charge is 0.222 e. The standard InChI is InChI=1S/C17H20Cl2N2O2/c1-11(2)10-21(3)17(22)7-6-16-20-9-15(23-16)13-5-4-12(18)8-14(13)19/h4-5,8-9,11H,6-7,10H2,1-3H3. The molecule has 0 radical (unpaired) electrons. The molecule has 1 aromatic heterocycles. The van der Waals surface area contributed by atoms with E-state index >= 15 is 0 Å². The van der Waals surface area contributed by atoms with Crippen molar-refractivity contribution in [2.24, 2.45) is 5.92 Å². The molecule has 0 unspecified atom stereocenters. The van der Waals surface area contributed by atoms with Crippen molar-refractivity contribution in [2.75, 3.05) is 13.6 Å². The summed E-state index contributed by atoms with van der Waals surface area (Å²) in [6, 6.07) is 5.19. The number of hydrogen-bond acceptors (Lipinski definition) is 3. The third-order valence-corrected chi connectivity index (χ3v) is 3.92. The second kappa shape index (κ2) is 7.84. The quantitative estimate of drug-likeness (QED) is 0.755.